The molecule has 2 heterocycles. The third-order valence-electron chi connectivity index (χ3n) is 4.06. The van der Waals surface area contributed by atoms with E-state index >= 15 is 0 Å². The number of aromatic amines is 1. The summed E-state index contributed by atoms with van der Waals surface area (Å²) in [4.78, 5) is 15.5. The third kappa shape index (κ3) is 3.22. The summed E-state index contributed by atoms with van der Waals surface area (Å²) in [7, 11) is 0. The van der Waals surface area contributed by atoms with E-state index in [0.29, 0.717) is 17.6 Å². The van der Waals surface area contributed by atoms with Crippen LogP contribution in [0, 0.1) is 0 Å². The average Bonchev–Trinajstić information content (AvgIpc) is 3.25. The lowest BCUT2D eigenvalue weighted by atomic mass is 10.1. The Morgan fingerprint density at radius 1 is 1.24 bits per heavy atom. The molecule has 0 aliphatic rings. The number of rotatable bonds is 5. The van der Waals surface area contributed by atoms with E-state index < -0.39 is 5.76 Å². The lowest BCUT2D eigenvalue weighted by molar-refractivity contribution is 0.548. The number of para-hydroxylation sites is 1. The van der Waals surface area contributed by atoms with Gasteiger partial charge in [0.05, 0.1) is 23.1 Å². The second-order valence-electron chi connectivity index (χ2n) is 5.83. The highest BCUT2D eigenvalue weighted by Crippen LogP contribution is 2.18. The number of H-pyrrole nitrogens is 1. The fourth-order valence-electron chi connectivity index (χ4n) is 2.67. The Bertz CT molecular complexity index is 1050. The molecule has 4 aromatic rings. The van der Waals surface area contributed by atoms with Crippen LogP contribution in [0.2, 0.25) is 0 Å². The van der Waals surface area contributed by atoms with Crippen molar-refractivity contribution < 1.29 is 4.42 Å². The van der Waals surface area contributed by atoms with E-state index in [-0.39, 0.29) is 6.04 Å². The van der Waals surface area contributed by atoms with E-state index in [2.05, 4.69) is 20.5 Å². The van der Waals surface area contributed by atoms with Crippen molar-refractivity contribution in [3.05, 3.63) is 76.5 Å². The van der Waals surface area contributed by atoms with Gasteiger partial charge in [-0.05, 0) is 36.8 Å². The van der Waals surface area contributed by atoms with Crippen molar-refractivity contribution in [1.82, 2.24) is 25.3 Å². The van der Waals surface area contributed by atoms with Gasteiger partial charge in [-0.2, -0.15) is 15.0 Å². The Kier molecular flexibility index (Phi) is 3.91. The molecule has 7 nitrogen and oxygen atoms in total. The normalized spacial score (nSPS) is 12.5. The first kappa shape index (κ1) is 15.3. The Hall–Kier alpha value is -3.19. The standard InChI is InChI=1S/C18H17N5O2/c1-12(13-7-8-16-17(9-13)25-18(24)21-16)19-10-14-11-20-23(22-14)15-5-3-2-4-6-15/h2-9,11-12,19H,10H2,1H3,(H,21,24). The fourth-order valence-corrected chi connectivity index (χ4v) is 2.67. The van der Waals surface area contributed by atoms with Crippen LogP contribution in [0.25, 0.3) is 16.8 Å². The van der Waals surface area contributed by atoms with E-state index in [9.17, 15) is 4.79 Å². The van der Waals surface area contributed by atoms with Gasteiger partial charge in [0.15, 0.2) is 5.58 Å². The summed E-state index contributed by atoms with van der Waals surface area (Å²) in [6.45, 7) is 2.64. The summed E-state index contributed by atoms with van der Waals surface area (Å²) in [6.07, 6.45) is 1.75. The summed E-state index contributed by atoms with van der Waals surface area (Å²) >= 11 is 0. The summed E-state index contributed by atoms with van der Waals surface area (Å²) in [5, 5.41) is 12.2. The van der Waals surface area contributed by atoms with Crippen LogP contribution in [0.5, 0.6) is 0 Å². The molecule has 1 atom stereocenters. The van der Waals surface area contributed by atoms with E-state index in [4.69, 9.17) is 4.42 Å². The molecule has 25 heavy (non-hydrogen) atoms. The molecule has 126 valence electrons. The number of oxazole rings is 1. The minimum Gasteiger partial charge on any atom is -0.408 e. The summed E-state index contributed by atoms with van der Waals surface area (Å²) in [6, 6.07) is 15.5. The number of nitrogens with one attached hydrogen (secondary N) is 2. The van der Waals surface area contributed by atoms with E-state index in [0.717, 1.165) is 16.9 Å². The Morgan fingerprint density at radius 3 is 2.92 bits per heavy atom. The highest BCUT2D eigenvalue weighted by molar-refractivity contribution is 5.72. The van der Waals surface area contributed by atoms with Crippen LogP contribution in [0.15, 0.2) is 63.9 Å². The predicted molar refractivity (Wildman–Crippen MR) is 93.4 cm³/mol. The van der Waals surface area contributed by atoms with E-state index in [1.165, 1.54) is 0 Å². The molecule has 0 aliphatic carbocycles. The van der Waals surface area contributed by atoms with Crippen molar-refractivity contribution in [2.24, 2.45) is 0 Å². The average molecular weight is 335 g/mol. The lowest BCUT2D eigenvalue weighted by Gasteiger charge is -2.12. The molecule has 1 unspecified atom stereocenters. The molecule has 2 aromatic carbocycles. The van der Waals surface area contributed by atoms with Gasteiger partial charge in [0.2, 0.25) is 0 Å². The fraction of sp³-hybridized carbons (Fsp3) is 0.167. The van der Waals surface area contributed by atoms with Crippen LogP contribution in [-0.4, -0.2) is 20.0 Å². The van der Waals surface area contributed by atoms with Gasteiger partial charge in [0.25, 0.3) is 0 Å². The van der Waals surface area contributed by atoms with Crippen LogP contribution in [0.1, 0.15) is 24.2 Å². The maximum absolute atomic E-state index is 11.2. The SMILES string of the molecule is CC(NCc1cnn(-c2ccccc2)n1)c1ccc2[nH]c(=O)oc2c1. The van der Waals surface area contributed by atoms with E-state index in [1.807, 2.05) is 55.5 Å². The second kappa shape index (κ2) is 6.37. The van der Waals surface area contributed by atoms with Gasteiger partial charge in [-0.15, -0.1) is 0 Å². The van der Waals surface area contributed by atoms with Crippen LogP contribution in [0.3, 0.4) is 0 Å². The quantitative estimate of drug-likeness (QED) is 0.585. The second-order valence-corrected chi connectivity index (χ2v) is 5.83. The lowest BCUT2D eigenvalue weighted by Crippen LogP contribution is -2.18. The van der Waals surface area contributed by atoms with Gasteiger partial charge in [-0.25, -0.2) is 4.79 Å². The van der Waals surface area contributed by atoms with Crippen molar-refractivity contribution in [1.29, 1.82) is 0 Å². The molecule has 0 aliphatic heterocycles. The minimum absolute atomic E-state index is 0.0754. The van der Waals surface area contributed by atoms with Gasteiger partial charge in [0, 0.05) is 12.6 Å². The van der Waals surface area contributed by atoms with Gasteiger partial charge in [-0.1, -0.05) is 24.3 Å². The first-order valence-corrected chi connectivity index (χ1v) is 8.02. The number of benzene rings is 2. The van der Waals surface area contributed by atoms with Gasteiger partial charge in [-0.3, -0.25) is 4.98 Å². The smallest absolute Gasteiger partial charge is 0.408 e. The Labute approximate surface area is 143 Å². The minimum atomic E-state index is -0.440. The molecular formula is C18H17N5O2. The van der Waals surface area contributed by atoms with Gasteiger partial charge >= 0.3 is 5.76 Å². The highest BCUT2D eigenvalue weighted by atomic mass is 16.4. The molecule has 2 N–H and O–H groups in total. The molecule has 0 saturated carbocycles. The topological polar surface area (TPSA) is 88.7 Å². The molecule has 2 aromatic heterocycles. The molecule has 0 radical (unpaired) electrons. The zero-order valence-electron chi connectivity index (χ0n) is 13.6. The van der Waals surface area contributed by atoms with Crippen molar-refractivity contribution in [2.45, 2.75) is 19.5 Å². The largest absolute Gasteiger partial charge is 0.417 e. The summed E-state index contributed by atoms with van der Waals surface area (Å²) < 4.78 is 5.11. The molecule has 0 bridgehead atoms. The Balaban J connectivity index is 1.45. The van der Waals surface area contributed by atoms with Crippen molar-refractivity contribution in [2.75, 3.05) is 0 Å². The van der Waals surface area contributed by atoms with Gasteiger partial charge < -0.3 is 9.73 Å². The maximum atomic E-state index is 11.2. The monoisotopic (exact) mass is 335 g/mol. The molecule has 4 rings (SSSR count). The molecule has 0 saturated heterocycles. The number of hydrogen-bond acceptors (Lipinski definition) is 5. The zero-order chi connectivity index (χ0) is 17.2. The maximum Gasteiger partial charge on any atom is 0.417 e. The van der Waals surface area contributed by atoms with Crippen molar-refractivity contribution >= 4 is 11.1 Å². The molecular weight excluding hydrogens is 318 g/mol. The number of fused-ring (bicyclic) bond motifs is 1. The number of aromatic nitrogens is 4. The summed E-state index contributed by atoms with van der Waals surface area (Å²) in [5.41, 5.74) is 4.07. The molecule has 0 spiro atoms. The first-order chi connectivity index (χ1) is 12.2. The molecule has 7 heteroatoms. The predicted octanol–water partition coefficient (Wildman–Crippen LogP) is 2.55. The van der Waals surface area contributed by atoms with Crippen LogP contribution in [-0.2, 0) is 6.54 Å². The van der Waals surface area contributed by atoms with Crippen LogP contribution in [0.4, 0.5) is 0 Å². The first-order valence-electron chi connectivity index (χ1n) is 8.02. The third-order valence-corrected chi connectivity index (χ3v) is 4.06. The molecule has 0 fully saturated rings. The number of nitrogens with zero attached hydrogens (tertiary/aromatic N) is 3. The van der Waals surface area contributed by atoms with Crippen molar-refractivity contribution in [3.63, 3.8) is 0 Å². The van der Waals surface area contributed by atoms with Gasteiger partial charge in [0.1, 0.15) is 0 Å². The summed E-state index contributed by atoms with van der Waals surface area (Å²) in [5.74, 6) is -0.440. The zero-order valence-corrected chi connectivity index (χ0v) is 13.6. The Morgan fingerprint density at radius 2 is 2.08 bits per heavy atom. The highest BCUT2D eigenvalue weighted by Gasteiger charge is 2.10. The number of hydrogen-bond donors (Lipinski definition) is 2. The van der Waals surface area contributed by atoms with Crippen molar-refractivity contribution in [3.8, 4) is 5.69 Å². The van der Waals surface area contributed by atoms with Crippen LogP contribution >= 0.6 is 0 Å². The molecule has 0 amide bonds. The van der Waals surface area contributed by atoms with Crippen LogP contribution < -0.4 is 11.1 Å². The van der Waals surface area contributed by atoms with E-state index in [1.54, 1.807) is 11.0 Å².